The normalized spacial score (nSPS) is 11.1. The van der Waals surface area contributed by atoms with E-state index in [-0.39, 0.29) is 45.2 Å². The number of aliphatic carboxylic acids is 1. The molecule has 7 aromatic rings. The molecule has 1 atom stereocenters. The number of amides is 1. The first kappa shape index (κ1) is 76.6. The van der Waals surface area contributed by atoms with Crippen molar-refractivity contribution in [1.82, 2.24) is 53.1 Å². The fourth-order valence-electron chi connectivity index (χ4n) is 9.33. The Morgan fingerprint density at radius 2 is 1.26 bits per heavy atom. The summed E-state index contributed by atoms with van der Waals surface area (Å²) in [5, 5.41) is 54.9. The highest BCUT2D eigenvalue weighted by Crippen LogP contribution is 2.26. The van der Waals surface area contributed by atoms with E-state index in [1.807, 2.05) is 67.5 Å². The molecular formula is C63H93ClN12O13. The first-order valence-corrected chi connectivity index (χ1v) is 30.0. The summed E-state index contributed by atoms with van der Waals surface area (Å²) in [7, 11) is 10.5. The van der Waals surface area contributed by atoms with E-state index in [2.05, 4.69) is 61.3 Å². The number of halogens is 1. The summed E-state index contributed by atoms with van der Waals surface area (Å²) >= 11 is 5.71. The highest BCUT2D eigenvalue weighted by Gasteiger charge is 2.31. The summed E-state index contributed by atoms with van der Waals surface area (Å²) in [5.74, 6) is -2.03. The molecule has 1 unspecified atom stereocenters. The number of aromatic carboxylic acids is 4. The molecule has 0 spiro atoms. The van der Waals surface area contributed by atoms with Crippen LogP contribution in [0, 0.1) is 19.8 Å². The van der Waals surface area contributed by atoms with E-state index in [1.165, 1.54) is 24.3 Å². The minimum Gasteiger partial charge on any atom is -0.480 e. The molecule has 0 bridgehead atoms. The molecular weight excluding hydrogens is 1170 g/mol. The molecule has 0 aliphatic carbocycles. The molecule has 6 heterocycles. The molecule has 6 N–H and O–H groups in total. The second-order valence-corrected chi connectivity index (χ2v) is 22.2. The van der Waals surface area contributed by atoms with Crippen molar-refractivity contribution in [2.75, 3.05) is 32.1 Å². The van der Waals surface area contributed by atoms with Crippen LogP contribution in [0.1, 0.15) is 190 Å². The molecule has 0 radical (unpaired) electrons. The number of pyridine rings is 2. The minimum absolute atomic E-state index is 0.0657. The maximum absolute atomic E-state index is 11.6. The molecule has 25 nitrogen and oxygen atoms in total. The standard InChI is InChI=1S/C11H15N3.C11H12N2O3.C11H18N2O3.C11H21NO3.C10H14N2O2.C9H13ClN2O2/c1-5-9-13-10-7(2)6-8(3)12-11(10)14(9)4;1-3-16-11-12-8-6-4-5-7(10(14)15)9(8)13(11)2;1-5-6-7-12-9(11(2,3)16)8(10(14)15)13(7)4;1-5-6-7-9(13)12(4)10(8(2)3)11(14)15;1-3-7-12(2)9-8(10(13)14)5-4-6-11-9;1-3-4-5-6-11-8(10)7(9(13)14)12(6)2/h6H,5H2,1-4H3;4-6H,3H2,1-2H3,(H,14,15);16H,5-6H2,1-4H3,(H,14,15);8,10H,5-7H2,1-4H3,(H,14,15);4-6H,3,7H2,1-2H3,(H,13,14);3-5H2,1-2H3,(H,13,14). The summed E-state index contributed by atoms with van der Waals surface area (Å²) < 4.78 is 12.1. The Kier molecular flexibility index (Phi) is 31.1. The molecule has 0 aliphatic rings. The van der Waals surface area contributed by atoms with E-state index in [0.717, 1.165) is 86.4 Å². The van der Waals surface area contributed by atoms with E-state index in [9.17, 15) is 33.9 Å². The molecule has 6 aromatic heterocycles. The second kappa shape index (κ2) is 36.1. The van der Waals surface area contributed by atoms with Crippen molar-refractivity contribution in [3.05, 3.63) is 105 Å². The van der Waals surface area contributed by atoms with Crippen molar-refractivity contribution in [1.29, 1.82) is 0 Å². The topological polar surface area (TPSA) is 337 Å². The van der Waals surface area contributed by atoms with Crippen LogP contribution in [-0.2, 0) is 62.6 Å². The SMILES string of the molecule is CCCCC(=O)N(C)C(C(=O)O)C(C)C.CCCCc1nc(Cl)c(C(=O)O)n1C.CCCN(C)c1ncccc1C(=O)O.CCCc1nc(C(C)(C)O)c(C(=O)O)n1C.CCOc1nc2cccc(C(=O)O)c2n1C.CCc1nc2c(C)cc(C)nc2n1C. The highest BCUT2D eigenvalue weighted by atomic mass is 35.5. The molecule has 26 heteroatoms. The number of nitrogens with zero attached hydrogens (tertiary/aromatic N) is 12. The smallest absolute Gasteiger partial charge is 0.355 e. The number of fused-ring (bicyclic) bond motifs is 2. The number of carboxylic acids is 5. The predicted octanol–water partition coefficient (Wildman–Crippen LogP) is 10.6. The van der Waals surface area contributed by atoms with Gasteiger partial charge in [0.1, 0.15) is 51.7 Å². The van der Waals surface area contributed by atoms with Gasteiger partial charge in [0.2, 0.25) is 5.91 Å². The number of hydrogen-bond donors (Lipinski definition) is 6. The van der Waals surface area contributed by atoms with E-state index in [1.54, 1.807) is 78.4 Å². The van der Waals surface area contributed by atoms with Crippen LogP contribution in [0.3, 0.4) is 0 Å². The highest BCUT2D eigenvalue weighted by molar-refractivity contribution is 6.32. The Hall–Kier alpha value is -8.45. The van der Waals surface area contributed by atoms with E-state index in [4.69, 9.17) is 41.9 Å². The second-order valence-electron chi connectivity index (χ2n) is 21.8. The molecule has 490 valence electrons. The summed E-state index contributed by atoms with van der Waals surface area (Å²) in [5.41, 5.74) is 5.13. The number of carbonyl (C=O) groups excluding carboxylic acids is 1. The minimum atomic E-state index is -1.24. The lowest BCUT2D eigenvalue weighted by Gasteiger charge is -2.27. The number of aryl methyl sites for hydroxylation is 7. The molecule has 1 aromatic carbocycles. The number of carboxylic acid groups (broad SMARTS) is 5. The zero-order valence-electron chi connectivity index (χ0n) is 55.0. The van der Waals surface area contributed by atoms with Crippen molar-refractivity contribution < 1.29 is 64.1 Å². The maximum Gasteiger partial charge on any atom is 0.355 e. The van der Waals surface area contributed by atoms with Crippen LogP contribution in [0.15, 0.2) is 42.6 Å². The average molecular weight is 1260 g/mol. The molecule has 0 saturated carbocycles. The molecule has 7 rings (SSSR count). The number of imidazole rings is 4. The summed E-state index contributed by atoms with van der Waals surface area (Å²) in [4.78, 5) is 95.2. The van der Waals surface area contributed by atoms with Crippen molar-refractivity contribution in [2.45, 2.75) is 159 Å². The number of aliphatic hydroxyl groups is 1. The van der Waals surface area contributed by atoms with Crippen LogP contribution in [0.25, 0.3) is 22.2 Å². The van der Waals surface area contributed by atoms with Gasteiger partial charge >= 0.3 is 29.8 Å². The summed E-state index contributed by atoms with van der Waals surface area (Å²) in [6, 6.07) is 10.00. The Morgan fingerprint density at radius 3 is 1.74 bits per heavy atom. The van der Waals surface area contributed by atoms with Gasteiger partial charge in [-0.1, -0.05) is 79.0 Å². The Labute approximate surface area is 526 Å². The molecule has 0 saturated heterocycles. The Bertz CT molecular complexity index is 3490. The van der Waals surface area contributed by atoms with Gasteiger partial charge in [-0.2, -0.15) is 4.98 Å². The van der Waals surface area contributed by atoms with Crippen LogP contribution >= 0.6 is 11.6 Å². The fourth-order valence-corrected chi connectivity index (χ4v) is 9.64. The molecule has 89 heavy (non-hydrogen) atoms. The Morgan fingerprint density at radius 1 is 0.674 bits per heavy atom. The number of hydrogen-bond acceptors (Lipinski definition) is 15. The van der Waals surface area contributed by atoms with Crippen LogP contribution in [-0.4, -0.2) is 153 Å². The number of rotatable bonds is 22. The maximum atomic E-state index is 11.6. The third-order valence-corrected chi connectivity index (χ3v) is 14.1. The zero-order valence-corrected chi connectivity index (χ0v) is 55.7. The lowest BCUT2D eigenvalue weighted by Crippen LogP contribution is -2.45. The first-order valence-electron chi connectivity index (χ1n) is 29.7. The first-order chi connectivity index (χ1) is 41.7. The molecule has 0 aliphatic heterocycles. The quantitative estimate of drug-likeness (QED) is 0.0367. The van der Waals surface area contributed by atoms with Gasteiger partial charge in [-0.3, -0.25) is 9.36 Å². The van der Waals surface area contributed by atoms with E-state index < -0.39 is 41.5 Å². The largest absolute Gasteiger partial charge is 0.480 e. The van der Waals surface area contributed by atoms with Gasteiger partial charge < -0.3 is 58.9 Å². The van der Waals surface area contributed by atoms with Crippen molar-refractivity contribution in [2.24, 2.45) is 34.1 Å². The lowest BCUT2D eigenvalue weighted by molar-refractivity contribution is -0.151. The zero-order chi connectivity index (χ0) is 67.8. The number of anilines is 1. The Balaban J connectivity index is 0.000000364. The average Bonchev–Trinajstić information content (AvgIpc) is 2.21. The number of unbranched alkanes of at least 4 members (excludes halogenated alkanes) is 2. The third kappa shape index (κ3) is 21.4. The predicted molar refractivity (Wildman–Crippen MR) is 343 cm³/mol. The van der Waals surface area contributed by atoms with Gasteiger partial charge in [0, 0.05) is 86.4 Å². The van der Waals surface area contributed by atoms with E-state index >= 15 is 0 Å². The van der Waals surface area contributed by atoms with Crippen LogP contribution < -0.4 is 9.64 Å². The molecule has 1 amide bonds. The molecule has 0 fully saturated rings. The van der Waals surface area contributed by atoms with Gasteiger partial charge in [-0.25, -0.2) is 48.9 Å². The lowest BCUT2D eigenvalue weighted by atomic mass is 10.0. The number of likely N-dealkylation sites (N-methyl/N-ethyl adjacent to an activating group) is 1. The van der Waals surface area contributed by atoms with Gasteiger partial charge in [0.25, 0.3) is 6.01 Å². The van der Waals surface area contributed by atoms with Gasteiger partial charge in [0.15, 0.2) is 22.2 Å². The van der Waals surface area contributed by atoms with Crippen LogP contribution in [0.2, 0.25) is 5.15 Å². The van der Waals surface area contributed by atoms with Gasteiger partial charge in [-0.15, -0.1) is 0 Å². The third-order valence-electron chi connectivity index (χ3n) is 13.8. The van der Waals surface area contributed by atoms with Crippen LogP contribution in [0.5, 0.6) is 6.01 Å². The number of carbonyl (C=O) groups is 6. The fraction of sp³-hybridized carbons (Fsp3) is 0.524. The van der Waals surface area contributed by atoms with Crippen molar-refractivity contribution >= 4 is 75.4 Å². The van der Waals surface area contributed by atoms with Gasteiger partial charge in [-0.05, 0) is 102 Å². The number of para-hydroxylation sites is 1. The number of benzene rings is 1. The number of aromatic nitrogens is 10. The van der Waals surface area contributed by atoms with Crippen molar-refractivity contribution in [3.8, 4) is 6.01 Å². The number of ether oxygens (including phenoxy) is 1. The summed E-state index contributed by atoms with van der Waals surface area (Å²) in [6.45, 7) is 24.2. The van der Waals surface area contributed by atoms with Gasteiger partial charge in [0.05, 0.1) is 23.2 Å². The van der Waals surface area contributed by atoms with E-state index in [0.29, 0.717) is 48.1 Å². The van der Waals surface area contributed by atoms with Crippen LogP contribution in [0.4, 0.5) is 5.82 Å². The monoisotopic (exact) mass is 1260 g/mol. The summed E-state index contributed by atoms with van der Waals surface area (Å²) in [6.07, 6.45) is 10.1. The van der Waals surface area contributed by atoms with Crippen molar-refractivity contribution in [3.63, 3.8) is 0 Å².